The van der Waals surface area contributed by atoms with E-state index in [1.54, 1.807) is 7.11 Å². The Kier molecular flexibility index (Phi) is 5.69. The molecule has 1 saturated carbocycles. The highest BCUT2D eigenvalue weighted by Crippen LogP contribution is 2.32. The van der Waals surface area contributed by atoms with E-state index >= 15 is 0 Å². The molecule has 2 aromatic heterocycles. The van der Waals surface area contributed by atoms with Crippen molar-refractivity contribution in [3.63, 3.8) is 0 Å². The molecule has 35 heavy (non-hydrogen) atoms. The second kappa shape index (κ2) is 9.01. The highest BCUT2D eigenvalue weighted by atomic mass is 16.5. The molecule has 2 aliphatic heterocycles. The smallest absolute Gasteiger partial charge is 0.328 e. The minimum absolute atomic E-state index is 0.00872. The summed E-state index contributed by atoms with van der Waals surface area (Å²) in [6.07, 6.45) is 5.69. The summed E-state index contributed by atoms with van der Waals surface area (Å²) in [4.78, 5) is 24.7. The van der Waals surface area contributed by atoms with Gasteiger partial charge in [-0.05, 0) is 49.4 Å². The maximum absolute atomic E-state index is 13.0. The van der Waals surface area contributed by atoms with Gasteiger partial charge in [0.1, 0.15) is 17.7 Å². The normalized spacial score (nSPS) is 22.7. The average molecular weight is 478 g/mol. The van der Waals surface area contributed by atoms with E-state index < -0.39 is 0 Å². The number of carbonyl (C=O) groups is 1. The van der Waals surface area contributed by atoms with E-state index in [-0.39, 0.29) is 18.2 Å². The molecule has 1 amide bonds. The Morgan fingerprint density at radius 2 is 2.00 bits per heavy atom. The number of methoxy groups -OCH3 is 1. The molecule has 3 N–H and O–H groups in total. The number of carbonyl (C=O) groups excluding carboxylic acids is 1. The summed E-state index contributed by atoms with van der Waals surface area (Å²) in [5.41, 5.74) is 5.14. The van der Waals surface area contributed by atoms with Crippen molar-refractivity contribution in [2.45, 2.75) is 50.5 Å². The lowest BCUT2D eigenvalue weighted by molar-refractivity contribution is -0.0323. The van der Waals surface area contributed by atoms with Crippen LogP contribution in [0, 0.1) is 0 Å². The third kappa shape index (κ3) is 4.17. The Morgan fingerprint density at radius 1 is 1.14 bits per heavy atom. The maximum atomic E-state index is 13.0. The third-order valence-corrected chi connectivity index (χ3v) is 7.37. The molecule has 10 nitrogen and oxygen atoms in total. The van der Waals surface area contributed by atoms with E-state index in [4.69, 9.17) is 14.5 Å². The van der Waals surface area contributed by atoms with E-state index in [0.717, 1.165) is 61.4 Å². The van der Waals surface area contributed by atoms with Crippen molar-refractivity contribution in [1.82, 2.24) is 19.9 Å². The van der Waals surface area contributed by atoms with Gasteiger partial charge in [-0.2, -0.15) is 0 Å². The summed E-state index contributed by atoms with van der Waals surface area (Å²) in [7, 11) is 3.63. The number of imidazole rings is 1. The molecule has 1 aliphatic carbocycles. The number of anilines is 4. The van der Waals surface area contributed by atoms with Crippen LogP contribution in [-0.2, 0) is 16.1 Å². The van der Waals surface area contributed by atoms with Crippen LogP contribution in [0.3, 0.4) is 0 Å². The number of pyridine rings is 1. The molecular formula is C25H31N7O3. The summed E-state index contributed by atoms with van der Waals surface area (Å²) in [6.45, 7) is 2.39. The summed E-state index contributed by atoms with van der Waals surface area (Å²) >= 11 is 0. The highest BCUT2D eigenvalue weighted by molar-refractivity contribution is 5.94. The second-order valence-electron chi connectivity index (χ2n) is 9.51. The number of nitrogens with one attached hydrogen (secondary N) is 3. The van der Waals surface area contributed by atoms with Crippen molar-refractivity contribution in [1.29, 1.82) is 0 Å². The van der Waals surface area contributed by atoms with Crippen molar-refractivity contribution in [2.24, 2.45) is 0 Å². The van der Waals surface area contributed by atoms with E-state index in [1.807, 2.05) is 13.1 Å². The Balaban J connectivity index is 1.41. The molecule has 2 fully saturated rings. The fourth-order valence-electron chi connectivity index (χ4n) is 5.17. The Hall–Kier alpha value is -3.37. The number of aromatic nitrogens is 3. The van der Waals surface area contributed by atoms with Gasteiger partial charge in [0, 0.05) is 44.7 Å². The second-order valence-corrected chi connectivity index (χ2v) is 9.51. The summed E-state index contributed by atoms with van der Waals surface area (Å²) in [5.74, 6) is 0.636. The standard InChI is InChI=1S/C25H31N7O3/c1-26-20-12-22-28-16-9-15(10-17(11-16)31-7-5-18(34-2)6-8-31)13-35-21-4-3-19(21)29-25(33)32-14-27-23(20)24(32)30-22/h9-12,14,18-19,21H,3-8,13H2,1-2H3,(H,29,33)(H2,26,28,30)/t19-,21-/m1/s1. The number of rotatable bonds is 3. The fourth-order valence-corrected chi connectivity index (χ4v) is 5.17. The molecule has 3 aliphatic rings. The van der Waals surface area contributed by atoms with Gasteiger partial charge < -0.3 is 30.3 Å². The van der Waals surface area contributed by atoms with Crippen LogP contribution in [0.2, 0.25) is 0 Å². The zero-order valence-electron chi connectivity index (χ0n) is 20.1. The van der Waals surface area contributed by atoms with Crippen LogP contribution in [0.5, 0.6) is 0 Å². The highest BCUT2D eigenvalue weighted by Gasteiger charge is 2.34. The van der Waals surface area contributed by atoms with Gasteiger partial charge in [0.15, 0.2) is 5.65 Å². The van der Waals surface area contributed by atoms with Crippen molar-refractivity contribution in [3.05, 3.63) is 36.2 Å². The van der Waals surface area contributed by atoms with Gasteiger partial charge in [0.25, 0.3) is 0 Å². The van der Waals surface area contributed by atoms with Crippen LogP contribution in [0.25, 0.3) is 11.2 Å². The van der Waals surface area contributed by atoms with Crippen LogP contribution in [0.4, 0.5) is 27.7 Å². The molecule has 6 rings (SSSR count). The lowest BCUT2D eigenvalue weighted by Crippen LogP contribution is -2.52. The molecule has 0 spiro atoms. The summed E-state index contributed by atoms with van der Waals surface area (Å²) in [6, 6.07) is 8.13. The number of fused-ring (bicyclic) bond motifs is 4. The maximum Gasteiger partial charge on any atom is 0.328 e. The molecular weight excluding hydrogens is 446 g/mol. The van der Waals surface area contributed by atoms with Crippen molar-refractivity contribution in [3.8, 4) is 0 Å². The molecule has 4 heterocycles. The lowest BCUT2D eigenvalue weighted by atomic mass is 9.89. The number of ether oxygens (including phenoxy) is 2. The number of nitrogens with zero attached hydrogens (tertiary/aromatic N) is 4. The molecule has 3 aromatic rings. The lowest BCUT2D eigenvalue weighted by Gasteiger charge is -2.37. The van der Waals surface area contributed by atoms with E-state index in [1.165, 1.54) is 10.9 Å². The van der Waals surface area contributed by atoms with Gasteiger partial charge in [0.2, 0.25) is 0 Å². The molecule has 10 heteroatoms. The minimum Gasteiger partial charge on any atom is -0.386 e. The average Bonchev–Trinajstić information content (AvgIpc) is 3.29. The van der Waals surface area contributed by atoms with Gasteiger partial charge in [-0.1, -0.05) is 0 Å². The molecule has 0 unspecified atom stereocenters. The monoisotopic (exact) mass is 477 g/mol. The van der Waals surface area contributed by atoms with Crippen LogP contribution in [-0.4, -0.2) is 66.1 Å². The van der Waals surface area contributed by atoms with Crippen molar-refractivity contribution < 1.29 is 14.3 Å². The predicted octanol–water partition coefficient (Wildman–Crippen LogP) is 3.45. The quantitative estimate of drug-likeness (QED) is 0.527. The predicted molar refractivity (Wildman–Crippen MR) is 135 cm³/mol. The van der Waals surface area contributed by atoms with Crippen LogP contribution >= 0.6 is 0 Å². The first-order valence-electron chi connectivity index (χ1n) is 12.3. The first-order valence-corrected chi connectivity index (χ1v) is 12.3. The number of hydrogen-bond acceptors (Lipinski definition) is 8. The van der Waals surface area contributed by atoms with E-state index in [0.29, 0.717) is 29.7 Å². The van der Waals surface area contributed by atoms with Gasteiger partial charge >= 0.3 is 6.03 Å². The molecule has 2 atom stereocenters. The largest absolute Gasteiger partial charge is 0.386 e. The number of hydrogen-bond donors (Lipinski definition) is 3. The molecule has 1 aromatic carbocycles. The molecule has 0 radical (unpaired) electrons. The van der Waals surface area contributed by atoms with Gasteiger partial charge in [0.05, 0.1) is 30.5 Å². The number of amides is 1. The Bertz CT molecular complexity index is 1250. The van der Waals surface area contributed by atoms with Gasteiger partial charge in [-0.25, -0.2) is 19.3 Å². The molecule has 184 valence electrons. The Labute approximate surface area is 204 Å². The SMILES string of the molecule is CNc1cc2nc3c1ncn3C(=O)N[C@@H]1CC[C@H]1OCc1cc(cc(N3CCC(OC)CC3)c1)N2. The zero-order valence-corrected chi connectivity index (χ0v) is 20.1. The van der Waals surface area contributed by atoms with Gasteiger partial charge in [-0.15, -0.1) is 0 Å². The first kappa shape index (κ1) is 22.1. The minimum atomic E-state index is -0.241. The summed E-state index contributed by atoms with van der Waals surface area (Å²) < 4.78 is 13.3. The van der Waals surface area contributed by atoms with E-state index in [9.17, 15) is 4.79 Å². The summed E-state index contributed by atoms with van der Waals surface area (Å²) in [5, 5.41) is 9.75. The van der Waals surface area contributed by atoms with Crippen molar-refractivity contribution in [2.75, 3.05) is 42.8 Å². The third-order valence-electron chi connectivity index (χ3n) is 7.37. The zero-order chi connectivity index (χ0) is 23.9. The Morgan fingerprint density at radius 3 is 2.74 bits per heavy atom. The van der Waals surface area contributed by atoms with Crippen LogP contribution in [0.1, 0.15) is 31.2 Å². The number of benzene rings is 1. The number of piperidine rings is 1. The van der Waals surface area contributed by atoms with E-state index in [2.05, 4.69) is 44.0 Å². The van der Waals surface area contributed by atoms with Crippen LogP contribution in [0.15, 0.2) is 30.6 Å². The van der Waals surface area contributed by atoms with Crippen molar-refractivity contribution >= 4 is 40.1 Å². The first-order chi connectivity index (χ1) is 17.1. The van der Waals surface area contributed by atoms with Gasteiger partial charge in [-0.3, -0.25) is 0 Å². The topological polar surface area (TPSA) is 106 Å². The molecule has 1 saturated heterocycles. The fraction of sp³-hybridized carbons (Fsp3) is 0.480. The molecule has 4 bridgehead atoms. The van der Waals surface area contributed by atoms with Crippen LogP contribution < -0.4 is 20.9 Å².